The highest BCUT2D eigenvalue weighted by Crippen LogP contribution is 2.38. The maximum absolute atomic E-state index is 6.17. The molecule has 3 nitrogen and oxygen atoms in total. The quantitative estimate of drug-likeness (QED) is 0.803. The van der Waals surface area contributed by atoms with Gasteiger partial charge in [-0.15, -0.1) is 0 Å². The first-order valence-corrected chi connectivity index (χ1v) is 8.28. The van der Waals surface area contributed by atoms with Gasteiger partial charge in [-0.3, -0.25) is 9.80 Å². The first-order valence-electron chi connectivity index (χ1n) is 6.89. The summed E-state index contributed by atoms with van der Waals surface area (Å²) in [6.07, 6.45) is 7.56. The molecular weight excluding hydrogens is 230 g/mol. The monoisotopic (exact) mass is 257 g/mol. The summed E-state index contributed by atoms with van der Waals surface area (Å²) in [6, 6.07) is 0.716. The summed E-state index contributed by atoms with van der Waals surface area (Å²) >= 11 is 1.93. The van der Waals surface area contributed by atoms with Gasteiger partial charge in [-0.05, 0) is 39.1 Å². The molecule has 4 heteroatoms. The van der Waals surface area contributed by atoms with Crippen molar-refractivity contribution in [3.8, 4) is 0 Å². The highest BCUT2D eigenvalue weighted by atomic mass is 32.2. The third kappa shape index (κ3) is 2.50. The van der Waals surface area contributed by atoms with Crippen LogP contribution in [0, 0.1) is 0 Å². The molecule has 0 aliphatic carbocycles. The van der Waals surface area contributed by atoms with Gasteiger partial charge in [0, 0.05) is 37.0 Å². The van der Waals surface area contributed by atoms with Crippen molar-refractivity contribution >= 4 is 11.8 Å². The number of nitrogens with two attached hydrogens (primary N) is 1. The van der Waals surface area contributed by atoms with Crippen LogP contribution in [0.1, 0.15) is 25.7 Å². The second kappa shape index (κ2) is 5.91. The summed E-state index contributed by atoms with van der Waals surface area (Å²) in [6.45, 7) is 4.54. The molecule has 0 spiro atoms. The second-order valence-electron chi connectivity index (χ2n) is 5.52. The molecule has 2 unspecified atom stereocenters. The molecule has 0 aromatic rings. The Bertz CT molecular complexity index is 249. The maximum atomic E-state index is 6.17. The van der Waals surface area contributed by atoms with E-state index in [1.165, 1.54) is 51.1 Å². The number of hydrogen-bond donors (Lipinski definition) is 1. The highest BCUT2D eigenvalue weighted by Gasteiger charge is 2.49. The standard InChI is InChI=1S/C13H27N3S/c1-15(9-10-17-2)13(11-14)6-8-16-7-4-3-5-12(13)16/h12H,3-11,14H2,1-2H3. The minimum Gasteiger partial charge on any atom is -0.329 e. The van der Waals surface area contributed by atoms with Crippen LogP contribution in [-0.2, 0) is 0 Å². The van der Waals surface area contributed by atoms with Gasteiger partial charge in [0.2, 0.25) is 0 Å². The van der Waals surface area contributed by atoms with Crippen LogP contribution >= 0.6 is 11.8 Å². The molecule has 2 rings (SSSR count). The van der Waals surface area contributed by atoms with Crippen LogP contribution in [0.3, 0.4) is 0 Å². The number of nitrogens with zero attached hydrogens (tertiary/aromatic N) is 2. The molecule has 100 valence electrons. The minimum atomic E-state index is 0.260. The van der Waals surface area contributed by atoms with E-state index in [4.69, 9.17) is 5.73 Å². The first kappa shape index (κ1) is 13.7. The lowest BCUT2D eigenvalue weighted by Gasteiger charge is -2.46. The molecule has 2 aliphatic heterocycles. The molecule has 2 saturated heterocycles. The fourth-order valence-electron chi connectivity index (χ4n) is 3.66. The summed E-state index contributed by atoms with van der Waals surface area (Å²) in [4.78, 5) is 5.24. The van der Waals surface area contributed by atoms with Gasteiger partial charge >= 0.3 is 0 Å². The molecule has 2 N–H and O–H groups in total. The van der Waals surface area contributed by atoms with Crippen molar-refractivity contribution in [1.82, 2.24) is 9.80 Å². The largest absolute Gasteiger partial charge is 0.329 e. The highest BCUT2D eigenvalue weighted by molar-refractivity contribution is 7.98. The van der Waals surface area contributed by atoms with E-state index >= 15 is 0 Å². The van der Waals surface area contributed by atoms with Crippen molar-refractivity contribution in [2.24, 2.45) is 5.73 Å². The predicted octanol–water partition coefficient (Wildman–Crippen LogP) is 1.24. The van der Waals surface area contributed by atoms with Gasteiger partial charge in [0.1, 0.15) is 0 Å². The Labute approximate surface area is 110 Å². The van der Waals surface area contributed by atoms with E-state index in [-0.39, 0.29) is 5.54 Å². The zero-order chi connectivity index (χ0) is 12.3. The molecule has 2 heterocycles. The molecule has 0 saturated carbocycles. The molecule has 2 atom stereocenters. The Balaban J connectivity index is 2.07. The van der Waals surface area contributed by atoms with E-state index in [2.05, 4.69) is 23.1 Å². The Kier molecular flexibility index (Phi) is 4.75. The minimum absolute atomic E-state index is 0.260. The number of thioether (sulfide) groups is 1. The Morgan fingerprint density at radius 3 is 2.94 bits per heavy atom. The van der Waals surface area contributed by atoms with Gasteiger partial charge in [-0.1, -0.05) is 6.42 Å². The van der Waals surface area contributed by atoms with Gasteiger partial charge in [0.05, 0.1) is 0 Å². The van der Waals surface area contributed by atoms with E-state index in [9.17, 15) is 0 Å². The second-order valence-corrected chi connectivity index (χ2v) is 6.51. The van der Waals surface area contributed by atoms with Crippen LogP contribution in [0.15, 0.2) is 0 Å². The molecule has 0 aromatic heterocycles. The van der Waals surface area contributed by atoms with E-state index in [1.54, 1.807) is 0 Å². The summed E-state index contributed by atoms with van der Waals surface area (Å²) in [5, 5.41) is 0. The summed E-state index contributed by atoms with van der Waals surface area (Å²) in [5.41, 5.74) is 6.43. The van der Waals surface area contributed by atoms with Gasteiger partial charge in [-0.25, -0.2) is 0 Å². The number of fused-ring (bicyclic) bond motifs is 1. The number of hydrogen-bond acceptors (Lipinski definition) is 4. The van der Waals surface area contributed by atoms with Crippen molar-refractivity contribution in [3.05, 3.63) is 0 Å². The third-order valence-corrected chi connectivity index (χ3v) is 5.40. The van der Waals surface area contributed by atoms with E-state index in [0.717, 1.165) is 6.54 Å². The van der Waals surface area contributed by atoms with Crippen molar-refractivity contribution < 1.29 is 0 Å². The molecule has 17 heavy (non-hydrogen) atoms. The summed E-state index contributed by atoms with van der Waals surface area (Å²) in [5.74, 6) is 1.21. The van der Waals surface area contributed by atoms with Crippen molar-refractivity contribution in [2.45, 2.75) is 37.3 Å². The lowest BCUT2D eigenvalue weighted by Crippen LogP contribution is -2.60. The summed E-state index contributed by atoms with van der Waals surface area (Å²) in [7, 11) is 2.28. The molecule has 0 amide bonds. The Hall–Kier alpha value is 0.230. The Morgan fingerprint density at radius 1 is 1.41 bits per heavy atom. The number of likely N-dealkylation sites (N-methyl/N-ethyl adjacent to an activating group) is 1. The van der Waals surface area contributed by atoms with E-state index < -0.39 is 0 Å². The smallest absolute Gasteiger partial charge is 0.0496 e. The van der Waals surface area contributed by atoms with Crippen LogP contribution in [0.2, 0.25) is 0 Å². The topological polar surface area (TPSA) is 32.5 Å². The number of rotatable bonds is 5. The normalized spacial score (nSPS) is 34.2. The molecule has 2 fully saturated rings. The van der Waals surface area contributed by atoms with Crippen LogP contribution in [0.4, 0.5) is 0 Å². The first-order chi connectivity index (χ1) is 8.24. The van der Waals surface area contributed by atoms with Crippen LogP contribution in [-0.4, -0.2) is 66.6 Å². The van der Waals surface area contributed by atoms with Gasteiger partial charge < -0.3 is 5.73 Å². The fraction of sp³-hybridized carbons (Fsp3) is 1.00. The zero-order valence-electron chi connectivity index (χ0n) is 11.3. The lowest BCUT2D eigenvalue weighted by atomic mass is 9.84. The van der Waals surface area contributed by atoms with Gasteiger partial charge in [0.25, 0.3) is 0 Å². The van der Waals surface area contributed by atoms with Crippen molar-refractivity contribution in [1.29, 1.82) is 0 Å². The molecule has 2 aliphatic rings. The average molecular weight is 257 g/mol. The Morgan fingerprint density at radius 2 is 2.24 bits per heavy atom. The predicted molar refractivity (Wildman–Crippen MR) is 76.6 cm³/mol. The maximum Gasteiger partial charge on any atom is 0.0496 e. The SMILES string of the molecule is CSCCN(C)C1(CN)CCN2CCCCC21. The van der Waals surface area contributed by atoms with Crippen LogP contribution < -0.4 is 5.73 Å². The third-order valence-electron chi connectivity index (χ3n) is 4.81. The van der Waals surface area contributed by atoms with Crippen molar-refractivity contribution in [2.75, 3.05) is 45.2 Å². The fourth-order valence-corrected chi connectivity index (χ4v) is 4.12. The molecule has 0 radical (unpaired) electrons. The van der Waals surface area contributed by atoms with Crippen LogP contribution in [0.5, 0.6) is 0 Å². The van der Waals surface area contributed by atoms with E-state index in [0.29, 0.717) is 6.04 Å². The van der Waals surface area contributed by atoms with Crippen LogP contribution in [0.25, 0.3) is 0 Å². The average Bonchev–Trinajstić information content (AvgIpc) is 2.76. The van der Waals surface area contributed by atoms with E-state index in [1.807, 2.05) is 11.8 Å². The molecule has 0 aromatic carbocycles. The van der Waals surface area contributed by atoms with Gasteiger partial charge in [-0.2, -0.15) is 11.8 Å². The summed E-state index contributed by atoms with van der Waals surface area (Å²) < 4.78 is 0. The molecule has 0 bridgehead atoms. The zero-order valence-corrected chi connectivity index (χ0v) is 12.1. The van der Waals surface area contributed by atoms with Crippen molar-refractivity contribution in [3.63, 3.8) is 0 Å². The van der Waals surface area contributed by atoms with Gasteiger partial charge in [0.15, 0.2) is 0 Å². The lowest BCUT2D eigenvalue weighted by molar-refractivity contribution is 0.0607. The number of piperidine rings is 1. The molecular formula is C13H27N3S.